The summed E-state index contributed by atoms with van der Waals surface area (Å²) >= 11 is 0. The molecule has 1 atom stereocenters. The van der Waals surface area contributed by atoms with Crippen LogP contribution in [0.4, 0.5) is 19.0 Å². The van der Waals surface area contributed by atoms with Crippen molar-refractivity contribution in [2.45, 2.75) is 33.0 Å². The first-order valence-electron chi connectivity index (χ1n) is 10.5. The van der Waals surface area contributed by atoms with Crippen molar-refractivity contribution in [1.29, 1.82) is 0 Å². The molecular formula is C24H23F3N6O. The third-order valence-corrected chi connectivity index (χ3v) is 5.34. The van der Waals surface area contributed by atoms with E-state index < -0.39 is 17.8 Å². The predicted octanol–water partition coefficient (Wildman–Crippen LogP) is 5.54. The largest absolute Gasteiger partial charge is 0.479 e. The van der Waals surface area contributed by atoms with Crippen LogP contribution in [0.1, 0.15) is 35.3 Å². The number of methoxy groups -OCH3 is 1. The summed E-state index contributed by atoms with van der Waals surface area (Å²) in [4.78, 5) is 8.79. The van der Waals surface area contributed by atoms with Crippen molar-refractivity contribution in [1.82, 2.24) is 24.7 Å². The maximum absolute atomic E-state index is 13.0. The quantitative estimate of drug-likeness (QED) is 0.400. The van der Waals surface area contributed by atoms with Crippen LogP contribution in [0, 0.1) is 13.8 Å². The standard InChI is InChI=1S/C24H23F3N6O/c1-14-10-20(19-8-9-21(23(30-19)34-4)33-12-15(2)28-13-33)31-32-22(14)29-16(3)17-6-5-7-18(11-17)24(25,26)27/h5-13,16H,1-4H3,(H,29,32). The molecular weight excluding hydrogens is 445 g/mol. The Labute approximate surface area is 194 Å². The van der Waals surface area contributed by atoms with E-state index in [-0.39, 0.29) is 0 Å². The van der Waals surface area contributed by atoms with E-state index in [1.165, 1.54) is 6.07 Å². The number of aryl methyl sites for hydroxylation is 2. The van der Waals surface area contributed by atoms with Crippen LogP contribution in [0.25, 0.3) is 17.1 Å². The molecule has 1 N–H and O–H groups in total. The van der Waals surface area contributed by atoms with Gasteiger partial charge in [-0.3, -0.25) is 0 Å². The highest BCUT2D eigenvalue weighted by atomic mass is 19.4. The van der Waals surface area contributed by atoms with Crippen LogP contribution in [-0.4, -0.2) is 31.8 Å². The Morgan fingerprint density at radius 1 is 1.03 bits per heavy atom. The molecule has 10 heteroatoms. The van der Waals surface area contributed by atoms with Gasteiger partial charge in [-0.25, -0.2) is 9.97 Å². The molecule has 1 aromatic carbocycles. The molecule has 3 heterocycles. The number of anilines is 1. The van der Waals surface area contributed by atoms with Crippen LogP contribution in [-0.2, 0) is 6.18 Å². The SMILES string of the molecule is COc1nc(-c2cc(C)c(NC(C)c3cccc(C(F)(F)F)c3)nn2)ccc1-n1cnc(C)c1. The lowest BCUT2D eigenvalue weighted by molar-refractivity contribution is -0.137. The minimum absolute atomic E-state index is 0.405. The Morgan fingerprint density at radius 2 is 1.82 bits per heavy atom. The maximum Gasteiger partial charge on any atom is 0.416 e. The van der Waals surface area contributed by atoms with Gasteiger partial charge >= 0.3 is 6.18 Å². The molecule has 0 spiro atoms. The van der Waals surface area contributed by atoms with Gasteiger partial charge in [-0.1, -0.05) is 12.1 Å². The van der Waals surface area contributed by atoms with Crippen molar-refractivity contribution in [3.63, 3.8) is 0 Å². The summed E-state index contributed by atoms with van der Waals surface area (Å²) < 4.78 is 46.4. The summed E-state index contributed by atoms with van der Waals surface area (Å²) in [6.45, 7) is 5.51. The maximum atomic E-state index is 13.0. The Kier molecular flexibility index (Phi) is 6.23. The second kappa shape index (κ2) is 9.12. The van der Waals surface area contributed by atoms with Gasteiger partial charge in [0.1, 0.15) is 11.4 Å². The zero-order valence-electron chi connectivity index (χ0n) is 19.1. The number of aromatic nitrogens is 5. The van der Waals surface area contributed by atoms with Gasteiger partial charge in [-0.2, -0.15) is 13.2 Å². The van der Waals surface area contributed by atoms with Crippen LogP contribution in [0.3, 0.4) is 0 Å². The molecule has 4 aromatic rings. The highest BCUT2D eigenvalue weighted by Crippen LogP contribution is 2.32. The van der Waals surface area contributed by atoms with E-state index in [0.29, 0.717) is 28.6 Å². The number of rotatable bonds is 6. The predicted molar refractivity (Wildman–Crippen MR) is 122 cm³/mol. The fourth-order valence-corrected chi connectivity index (χ4v) is 3.50. The van der Waals surface area contributed by atoms with Gasteiger partial charge in [0.15, 0.2) is 5.82 Å². The molecule has 176 valence electrons. The summed E-state index contributed by atoms with van der Waals surface area (Å²) in [6.07, 6.45) is -0.840. The van der Waals surface area contributed by atoms with Gasteiger partial charge in [0.2, 0.25) is 5.88 Å². The lowest BCUT2D eigenvalue weighted by Crippen LogP contribution is -2.12. The van der Waals surface area contributed by atoms with Gasteiger partial charge in [-0.05, 0) is 62.2 Å². The monoisotopic (exact) mass is 468 g/mol. The fourth-order valence-electron chi connectivity index (χ4n) is 3.50. The Morgan fingerprint density at radius 3 is 2.47 bits per heavy atom. The van der Waals surface area contributed by atoms with Gasteiger partial charge in [-0.15, -0.1) is 10.2 Å². The molecule has 1 unspecified atom stereocenters. The third kappa shape index (κ3) is 4.85. The summed E-state index contributed by atoms with van der Waals surface area (Å²) in [5, 5.41) is 11.7. The Bertz CT molecular complexity index is 1320. The van der Waals surface area contributed by atoms with Crippen molar-refractivity contribution < 1.29 is 17.9 Å². The molecule has 0 aliphatic heterocycles. The number of nitrogens with one attached hydrogen (secondary N) is 1. The van der Waals surface area contributed by atoms with E-state index in [4.69, 9.17) is 4.74 Å². The number of ether oxygens (including phenoxy) is 1. The number of halogens is 3. The van der Waals surface area contributed by atoms with Crippen molar-refractivity contribution in [2.24, 2.45) is 0 Å². The molecule has 0 aliphatic rings. The number of pyridine rings is 1. The van der Waals surface area contributed by atoms with E-state index >= 15 is 0 Å². The average Bonchev–Trinajstić information content (AvgIpc) is 3.25. The molecule has 34 heavy (non-hydrogen) atoms. The molecule has 0 radical (unpaired) electrons. The molecule has 0 amide bonds. The second-order valence-electron chi connectivity index (χ2n) is 7.90. The van der Waals surface area contributed by atoms with E-state index in [0.717, 1.165) is 29.1 Å². The van der Waals surface area contributed by atoms with Crippen LogP contribution in [0.15, 0.2) is 55.0 Å². The van der Waals surface area contributed by atoms with Crippen LogP contribution in [0.2, 0.25) is 0 Å². The zero-order chi connectivity index (χ0) is 24.5. The van der Waals surface area contributed by atoms with E-state index in [9.17, 15) is 13.2 Å². The topological polar surface area (TPSA) is 77.8 Å². The third-order valence-electron chi connectivity index (χ3n) is 5.34. The first-order valence-corrected chi connectivity index (χ1v) is 10.5. The normalized spacial score (nSPS) is 12.4. The molecule has 3 aromatic heterocycles. The number of nitrogens with zero attached hydrogens (tertiary/aromatic N) is 5. The van der Waals surface area contributed by atoms with Crippen molar-refractivity contribution in [3.8, 4) is 23.0 Å². The fraction of sp³-hybridized carbons (Fsp3) is 0.250. The Balaban J connectivity index is 1.57. The summed E-state index contributed by atoms with van der Waals surface area (Å²) in [6, 6.07) is 10.3. The van der Waals surface area contributed by atoms with E-state index in [1.807, 2.05) is 42.8 Å². The van der Waals surface area contributed by atoms with Gasteiger partial charge in [0.05, 0.1) is 36.4 Å². The molecule has 0 bridgehead atoms. The zero-order valence-corrected chi connectivity index (χ0v) is 19.1. The minimum atomic E-state index is -4.40. The molecule has 7 nitrogen and oxygen atoms in total. The highest BCUT2D eigenvalue weighted by Gasteiger charge is 2.30. The Hall–Kier alpha value is -3.95. The smallest absolute Gasteiger partial charge is 0.416 e. The summed E-state index contributed by atoms with van der Waals surface area (Å²) in [5.41, 5.74) is 3.31. The molecule has 0 saturated heterocycles. The van der Waals surface area contributed by atoms with Crippen LogP contribution in [0.5, 0.6) is 5.88 Å². The summed E-state index contributed by atoms with van der Waals surface area (Å²) in [7, 11) is 1.54. The highest BCUT2D eigenvalue weighted by molar-refractivity contribution is 5.61. The molecule has 0 aliphatic carbocycles. The molecule has 4 rings (SSSR count). The van der Waals surface area contributed by atoms with E-state index in [1.54, 1.807) is 26.4 Å². The number of hydrogen-bond acceptors (Lipinski definition) is 6. The van der Waals surface area contributed by atoms with Crippen LogP contribution < -0.4 is 10.1 Å². The van der Waals surface area contributed by atoms with Crippen LogP contribution >= 0.6 is 0 Å². The lowest BCUT2D eigenvalue weighted by atomic mass is 10.0. The molecule has 0 saturated carbocycles. The first-order chi connectivity index (χ1) is 16.2. The van der Waals surface area contributed by atoms with E-state index in [2.05, 4.69) is 25.5 Å². The van der Waals surface area contributed by atoms with Crippen molar-refractivity contribution in [3.05, 3.63) is 77.4 Å². The molecule has 0 fully saturated rings. The van der Waals surface area contributed by atoms with Crippen molar-refractivity contribution >= 4 is 5.82 Å². The number of imidazole rings is 1. The first kappa shape index (κ1) is 23.2. The van der Waals surface area contributed by atoms with Gasteiger partial charge in [0, 0.05) is 6.20 Å². The summed E-state index contributed by atoms with van der Waals surface area (Å²) in [5.74, 6) is 0.890. The number of alkyl halides is 3. The van der Waals surface area contributed by atoms with Gasteiger partial charge in [0.25, 0.3) is 0 Å². The second-order valence-corrected chi connectivity index (χ2v) is 7.90. The average molecular weight is 468 g/mol. The number of hydrogen-bond donors (Lipinski definition) is 1. The lowest BCUT2D eigenvalue weighted by Gasteiger charge is -2.18. The van der Waals surface area contributed by atoms with Gasteiger partial charge < -0.3 is 14.6 Å². The minimum Gasteiger partial charge on any atom is -0.479 e. The van der Waals surface area contributed by atoms with Crippen molar-refractivity contribution in [2.75, 3.05) is 12.4 Å². The number of benzene rings is 1.